The second-order valence-electron chi connectivity index (χ2n) is 4.59. The van der Waals surface area contributed by atoms with Crippen LogP contribution in [0.1, 0.15) is 5.56 Å². The minimum atomic E-state index is -3.70. The van der Waals surface area contributed by atoms with Crippen molar-refractivity contribution in [2.45, 2.75) is 9.79 Å². The first-order valence-electron chi connectivity index (χ1n) is 6.36. The highest BCUT2D eigenvalue weighted by Crippen LogP contribution is 2.29. The van der Waals surface area contributed by atoms with Crippen LogP contribution in [0.5, 0.6) is 0 Å². The van der Waals surface area contributed by atoms with Gasteiger partial charge in [-0.1, -0.05) is 48.5 Å². The summed E-state index contributed by atoms with van der Waals surface area (Å²) in [7, 11) is -3.70. The molecule has 0 saturated carbocycles. The van der Waals surface area contributed by atoms with Crippen molar-refractivity contribution in [2.75, 3.05) is 0 Å². The van der Waals surface area contributed by atoms with Crippen molar-refractivity contribution in [2.24, 2.45) is 0 Å². The maximum absolute atomic E-state index is 12.7. The lowest BCUT2D eigenvalue weighted by atomic mass is 10.1. The summed E-state index contributed by atoms with van der Waals surface area (Å²) in [5.41, 5.74) is 0.192. The van der Waals surface area contributed by atoms with Gasteiger partial charge in [-0.05, 0) is 23.6 Å². The second kappa shape index (κ2) is 5.04. The lowest BCUT2D eigenvalue weighted by molar-refractivity contribution is 0.596. The van der Waals surface area contributed by atoms with E-state index in [1.807, 2.05) is 18.2 Å². The van der Waals surface area contributed by atoms with E-state index in [0.717, 1.165) is 5.39 Å². The molecule has 3 rings (SSSR count). The average Bonchev–Trinajstić information content (AvgIpc) is 2.54. The van der Waals surface area contributed by atoms with Crippen LogP contribution in [0.2, 0.25) is 0 Å². The third kappa shape index (κ3) is 2.18. The number of fused-ring (bicyclic) bond motifs is 1. The lowest BCUT2D eigenvalue weighted by Gasteiger charge is -2.09. The first kappa shape index (κ1) is 13.3. The van der Waals surface area contributed by atoms with Gasteiger partial charge in [0.1, 0.15) is 6.07 Å². The van der Waals surface area contributed by atoms with Gasteiger partial charge in [-0.15, -0.1) is 0 Å². The zero-order valence-electron chi connectivity index (χ0n) is 11.0. The summed E-state index contributed by atoms with van der Waals surface area (Å²) >= 11 is 0. The van der Waals surface area contributed by atoms with Crippen LogP contribution in [0, 0.1) is 11.3 Å². The maximum Gasteiger partial charge on any atom is 0.207 e. The van der Waals surface area contributed by atoms with Crippen LogP contribution in [0.25, 0.3) is 10.8 Å². The Kier molecular flexibility index (Phi) is 3.20. The zero-order valence-corrected chi connectivity index (χ0v) is 11.8. The van der Waals surface area contributed by atoms with Gasteiger partial charge in [-0.25, -0.2) is 8.42 Å². The van der Waals surface area contributed by atoms with E-state index in [-0.39, 0.29) is 15.4 Å². The highest BCUT2D eigenvalue weighted by atomic mass is 32.2. The van der Waals surface area contributed by atoms with Gasteiger partial charge in [0, 0.05) is 5.39 Å². The Morgan fingerprint density at radius 1 is 0.810 bits per heavy atom. The van der Waals surface area contributed by atoms with E-state index in [4.69, 9.17) is 0 Å². The van der Waals surface area contributed by atoms with Gasteiger partial charge in [0.25, 0.3) is 0 Å². The molecule has 0 unspecified atom stereocenters. The molecule has 0 bridgehead atoms. The Hall–Kier alpha value is -2.64. The van der Waals surface area contributed by atoms with Crippen LogP contribution < -0.4 is 0 Å². The predicted molar refractivity (Wildman–Crippen MR) is 80.6 cm³/mol. The number of hydrogen-bond acceptors (Lipinski definition) is 3. The Labute approximate surface area is 123 Å². The van der Waals surface area contributed by atoms with Crippen molar-refractivity contribution in [1.29, 1.82) is 5.26 Å². The number of nitriles is 1. The third-order valence-electron chi connectivity index (χ3n) is 3.35. The number of rotatable bonds is 2. The topological polar surface area (TPSA) is 57.9 Å². The molecule has 3 aromatic carbocycles. The molecule has 0 aliphatic carbocycles. The summed E-state index contributed by atoms with van der Waals surface area (Å²) in [6.07, 6.45) is 0. The normalized spacial score (nSPS) is 11.2. The van der Waals surface area contributed by atoms with Gasteiger partial charge in [0.15, 0.2) is 0 Å². The minimum Gasteiger partial charge on any atom is -0.218 e. The van der Waals surface area contributed by atoms with Gasteiger partial charge >= 0.3 is 0 Å². The molecule has 0 saturated heterocycles. The molecule has 3 nitrogen and oxygen atoms in total. The lowest BCUT2D eigenvalue weighted by Crippen LogP contribution is -2.04. The maximum atomic E-state index is 12.7. The first-order chi connectivity index (χ1) is 10.1. The molecule has 0 radical (unpaired) electrons. The van der Waals surface area contributed by atoms with Crippen LogP contribution >= 0.6 is 0 Å². The number of sulfone groups is 1. The quantitative estimate of drug-likeness (QED) is 0.726. The molecule has 0 fully saturated rings. The van der Waals surface area contributed by atoms with Gasteiger partial charge in [0.2, 0.25) is 9.84 Å². The fraction of sp³-hybridized carbons (Fsp3) is 0. The summed E-state index contributed by atoms with van der Waals surface area (Å²) in [6.45, 7) is 0. The molecule has 0 atom stereocenters. The van der Waals surface area contributed by atoms with E-state index >= 15 is 0 Å². The fourth-order valence-electron chi connectivity index (χ4n) is 2.32. The summed E-state index contributed by atoms with van der Waals surface area (Å²) in [4.78, 5) is 0.242. The molecule has 102 valence electrons. The largest absolute Gasteiger partial charge is 0.218 e. The van der Waals surface area contributed by atoms with Gasteiger partial charge in [-0.3, -0.25) is 0 Å². The molecule has 0 amide bonds. The Bertz CT molecular complexity index is 955. The molecular formula is C17H11NO2S. The van der Waals surface area contributed by atoms with Gasteiger partial charge in [0.05, 0.1) is 15.4 Å². The van der Waals surface area contributed by atoms with Crippen molar-refractivity contribution in [3.8, 4) is 6.07 Å². The van der Waals surface area contributed by atoms with Crippen molar-refractivity contribution in [1.82, 2.24) is 0 Å². The highest BCUT2D eigenvalue weighted by molar-refractivity contribution is 7.91. The SMILES string of the molecule is N#Cc1c(S(=O)(=O)c2ccccc2)ccc2ccccc12. The van der Waals surface area contributed by atoms with E-state index in [2.05, 4.69) is 0 Å². The summed E-state index contributed by atoms with van der Waals surface area (Å²) in [5, 5.41) is 10.9. The molecule has 0 N–H and O–H groups in total. The van der Waals surface area contributed by atoms with Crippen LogP contribution in [0.15, 0.2) is 76.5 Å². The van der Waals surface area contributed by atoms with Crippen molar-refractivity contribution < 1.29 is 8.42 Å². The Morgan fingerprint density at radius 3 is 2.19 bits per heavy atom. The van der Waals surface area contributed by atoms with Crippen molar-refractivity contribution in [3.05, 3.63) is 72.3 Å². The highest BCUT2D eigenvalue weighted by Gasteiger charge is 2.22. The van der Waals surface area contributed by atoms with Crippen molar-refractivity contribution in [3.63, 3.8) is 0 Å². The van der Waals surface area contributed by atoms with Crippen LogP contribution in [0.4, 0.5) is 0 Å². The minimum absolute atomic E-state index is 0.0508. The molecule has 0 aliphatic heterocycles. The third-order valence-corrected chi connectivity index (χ3v) is 5.16. The van der Waals surface area contributed by atoms with Crippen LogP contribution in [-0.2, 0) is 9.84 Å². The van der Waals surface area contributed by atoms with E-state index in [1.54, 1.807) is 36.4 Å². The fourth-order valence-corrected chi connectivity index (χ4v) is 3.76. The summed E-state index contributed by atoms with van der Waals surface area (Å²) in [5.74, 6) is 0. The monoisotopic (exact) mass is 293 g/mol. The van der Waals surface area contributed by atoms with Crippen molar-refractivity contribution >= 4 is 20.6 Å². The number of hydrogen-bond donors (Lipinski definition) is 0. The molecule has 0 aliphatic rings. The molecular weight excluding hydrogens is 282 g/mol. The van der Waals surface area contributed by atoms with E-state index in [9.17, 15) is 13.7 Å². The predicted octanol–water partition coefficient (Wildman–Crippen LogP) is 3.54. The van der Waals surface area contributed by atoms with E-state index in [1.165, 1.54) is 18.2 Å². The number of nitrogens with zero attached hydrogens (tertiary/aromatic N) is 1. The molecule has 0 aromatic heterocycles. The Morgan fingerprint density at radius 2 is 1.48 bits per heavy atom. The first-order valence-corrected chi connectivity index (χ1v) is 7.85. The average molecular weight is 293 g/mol. The van der Waals surface area contributed by atoms with Gasteiger partial charge < -0.3 is 0 Å². The van der Waals surface area contributed by atoms with E-state index < -0.39 is 9.84 Å². The van der Waals surface area contributed by atoms with Gasteiger partial charge in [-0.2, -0.15) is 5.26 Å². The number of benzene rings is 3. The Balaban J connectivity index is 2.34. The summed E-state index contributed by atoms with van der Waals surface area (Å²) < 4.78 is 25.4. The zero-order chi connectivity index (χ0) is 14.9. The summed E-state index contributed by atoms with van der Waals surface area (Å²) in [6, 6.07) is 20.7. The smallest absolute Gasteiger partial charge is 0.207 e. The second-order valence-corrected chi connectivity index (χ2v) is 6.51. The molecule has 0 heterocycles. The molecule has 3 aromatic rings. The molecule has 21 heavy (non-hydrogen) atoms. The van der Waals surface area contributed by atoms with E-state index in [0.29, 0.717) is 5.39 Å². The molecule has 4 heteroatoms. The van der Waals surface area contributed by atoms with Crippen LogP contribution in [0.3, 0.4) is 0 Å². The van der Waals surface area contributed by atoms with Crippen LogP contribution in [-0.4, -0.2) is 8.42 Å². The standard InChI is InChI=1S/C17H11NO2S/c18-12-16-15-9-5-4-6-13(15)10-11-17(16)21(19,20)14-7-2-1-3-8-14/h1-11H. The molecule has 0 spiro atoms.